The Bertz CT molecular complexity index is 849. The van der Waals surface area contributed by atoms with Crippen molar-refractivity contribution in [3.63, 3.8) is 0 Å². The minimum atomic E-state index is -0.655. The zero-order chi connectivity index (χ0) is 16.4. The van der Waals surface area contributed by atoms with Gasteiger partial charge in [0, 0.05) is 12.8 Å². The number of ether oxygens (including phenoxy) is 1. The third-order valence-corrected chi connectivity index (χ3v) is 4.28. The summed E-state index contributed by atoms with van der Waals surface area (Å²) in [5, 5.41) is 0.414. The second-order valence-electron chi connectivity index (χ2n) is 4.70. The van der Waals surface area contributed by atoms with Crippen molar-refractivity contribution in [3.8, 4) is 10.9 Å². The Labute approximate surface area is 140 Å². The standard InChI is InChI=1S/C16H11ClFN2O2S/c17-10-7-5-9(6-8-13(19)21)14(18)15(10)22-16-20-11-3-1-2-4-12(11)23-16/h1-7H,8H2,(H2,19,21). The minimum Gasteiger partial charge on any atom is -0.426 e. The number of primary amides is 1. The van der Waals surface area contributed by atoms with E-state index in [0.717, 1.165) is 10.2 Å². The summed E-state index contributed by atoms with van der Waals surface area (Å²) in [6.07, 6.45) is 1.32. The minimum absolute atomic E-state index is 0.0703. The van der Waals surface area contributed by atoms with Crippen LogP contribution >= 0.6 is 22.9 Å². The Morgan fingerprint density at radius 1 is 1.35 bits per heavy atom. The second kappa shape index (κ2) is 6.52. The molecule has 4 nitrogen and oxygen atoms in total. The molecular formula is C16H11ClFN2O2S. The van der Waals surface area contributed by atoms with Gasteiger partial charge in [0.1, 0.15) is 0 Å². The second-order valence-corrected chi connectivity index (χ2v) is 6.10. The van der Waals surface area contributed by atoms with Gasteiger partial charge in [-0.15, -0.1) is 0 Å². The summed E-state index contributed by atoms with van der Waals surface area (Å²) >= 11 is 7.31. The lowest BCUT2D eigenvalue weighted by Gasteiger charge is -2.09. The third-order valence-electron chi connectivity index (χ3n) is 3.07. The van der Waals surface area contributed by atoms with Crippen LogP contribution in [0.15, 0.2) is 36.4 Å². The van der Waals surface area contributed by atoms with E-state index in [9.17, 15) is 9.18 Å². The molecule has 1 amide bonds. The Hall–Kier alpha value is -2.18. The number of rotatable bonds is 5. The highest BCUT2D eigenvalue weighted by atomic mass is 35.5. The van der Waals surface area contributed by atoms with Crippen LogP contribution in [0.25, 0.3) is 10.2 Å². The van der Waals surface area contributed by atoms with Crippen LogP contribution in [0.3, 0.4) is 0 Å². The van der Waals surface area contributed by atoms with Crippen molar-refractivity contribution in [3.05, 3.63) is 59.2 Å². The lowest BCUT2D eigenvalue weighted by molar-refractivity contribution is -0.117. The molecule has 0 atom stereocenters. The third kappa shape index (κ3) is 3.43. The molecule has 7 heteroatoms. The van der Waals surface area contributed by atoms with Gasteiger partial charge in [-0.05, 0) is 23.8 Å². The van der Waals surface area contributed by atoms with Crippen molar-refractivity contribution < 1.29 is 13.9 Å². The first-order valence-electron chi connectivity index (χ1n) is 6.67. The smallest absolute Gasteiger partial charge is 0.279 e. The number of amides is 1. The number of nitrogens with zero attached hydrogens (tertiary/aromatic N) is 1. The number of carbonyl (C=O) groups excluding carboxylic acids is 1. The van der Waals surface area contributed by atoms with Gasteiger partial charge >= 0.3 is 0 Å². The molecule has 0 fully saturated rings. The van der Waals surface area contributed by atoms with E-state index in [1.807, 2.05) is 24.3 Å². The molecule has 0 saturated heterocycles. The molecular weight excluding hydrogens is 339 g/mol. The molecule has 117 valence electrons. The summed E-state index contributed by atoms with van der Waals surface area (Å²) in [6, 6.07) is 10.4. The molecule has 0 aliphatic heterocycles. The van der Waals surface area contributed by atoms with E-state index >= 15 is 0 Å². The predicted octanol–water partition coefficient (Wildman–Crippen LogP) is 4.31. The van der Waals surface area contributed by atoms with Crippen LogP contribution in [0.4, 0.5) is 4.39 Å². The van der Waals surface area contributed by atoms with Gasteiger partial charge in [0.2, 0.25) is 5.91 Å². The fraction of sp³-hybridized carbons (Fsp3) is 0.0625. The molecule has 3 aromatic rings. The monoisotopic (exact) mass is 349 g/mol. The molecule has 0 saturated carbocycles. The Kier molecular flexibility index (Phi) is 4.45. The number of hydrogen-bond acceptors (Lipinski definition) is 4. The topological polar surface area (TPSA) is 65.2 Å². The van der Waals surface area contributed by atoms with Gasteiger partial charge < -0.3 is 10.5 Å². The van der Waals surface area contributed by atoms with Crippen LogP contribution in [-0.4, -0.2) is 10.9 Å². The predicted molar refractivity (Wildman–Crippen MR) is 88.3 cm³/mol. The van der Waals surface area contributed by atoms with E-state index < -0.39 is 11.7 Å². The number of hydrogen-bond donors (Lipinski definition) is 1. The largest absolute Gasteiger partial charge is 0.426 e. The van der Waals surface area contributed by atoms with Gasteiger partial charge in [-0.25, -0.2) is 9.37 Å². The first-order chi connectivity index (χ1) is 11.0. The summed E-state index contributed by atoms with van der Waals surface area (Å²) in [5.74, 6) is -1.32. The number of carbonyl (C=O) groups is 1. The van der Waals surface area contributed by atoms with Crippen LogP contribution in [0.1, 0.15) is 12.0 Å². The first-order valence-corrected chi connectivity index (χ1v) is 7.87. The maximum Gasteiger partial charge on any atom is 0.279 e. The van der Waals surface area contributed by atoms with E-state index in [2.05, 4.69) is 4.98 Å². The molecule has 23 heavy (non-hydrogen) atoms. The number of thiazole rings is 1. The molecule has 0 unspecified atom stereocenters. The molecule has 0 aliphatic rings. The van der Waals surface area contributed by atoms with Crippen molar-refractivity contribution in [2.75, 3.05) is 0 Å². The van der Waals surface area contributed by atoms with Crippen LogP contribution in [-0.2, 0) is 4.79 Å². The SMILES string of the molecule is NC(=O)C[CH]c1ccc(Cl)c(Oc2nc3ccccc3s2)c1F. The molecule has 1 heterocycles. The average molecular weight is 350 g/mol. The molecule has 2 N–H and O–H groups in total. The van der Waals surface area contributed by atoms with Gasteiger partial charge in [-0.2, -0.15) is 0 Å². The summed E-state index contributed by atoms with van der Waals surface area (Å²) < 4.78 is 21.0. The van der Waals surface area contributed by atoms with Crippen molar-refractivity contribution in [2.24, 2.45) is 5.73 Å². The molecule has 0 bridgehead atoms. The number of aromatic nitrogens is 1. The number of nitrogens with two attached hydrogens (primary N) is 1. The zero-order valence-corrected chi connectivity index (χ0v) is 13.3. The van der Waals surface area contributed by atoms with Gasteiger partial charge in [-0.1, -0.05) is 41.1 Å². The van der Waals surface area contributed by atoms with E-state index in [4.69, 9.17) is 22.1 Å². The normalized spacial score (nSPS) is 10.9. The number of fused-ring (bicyclic) bond motifs is 1. The van der Waals surface area contributed by atoms with Crippen molar-refractivity contribution in [2.45, 2.75) is 6.42 Å². The van der Waals surface area contributed by atoms with Gasteiger partial charge in [0.15, 0.2) is 11.6 Å². The molecule has 1 radical (unpaired) electrons. The summed E-state index contributed by atoms with van der Waals surface area (Å²) in [5.41, 5.74) is 6.03. The lowest BCUT2D eigenvalue weighted by Crippen LogP contribution is -2.10. The number of halogens is 2. The van der Waals surface area contributed by atoms with Crippen LogP contribution in [0, 0.1) is 12.2 Å². The Morgan fingerprint density at radius 2 is 2.13 bits per heavy atom. The molecule has 0 spiro atoms. The number of para-hydroxylation sites is 1. The fourth-order valence-electron chi connectivity index (χ4n) is 1.99. The van der Waals surface area contributed by atoms with E-state index in [0.29, 0.717) is 5.19 Å². The van der Waals surface area contributed by atoms with Crippen molar-refractivity contribution in [1.29, 1.82) is 0 Å². The zero-order valence-electron chi connectivity index (χ0n) is 11.8. The average Bonchev–Trinajstić information content (AvgIpc) is 2.93. The fourth-order valence-corrected chi connectivity index (χ4v) is 3.00. The van der Waals surface area contributed by atoms with Gasteiger partial charge in [0.25, 0.3) is 5.19 Å². The maximum absolute atomic E-state index is 14.5. The summed E-state index contributed by atoms with van der Waals surface area (Å²) in [4.78, 5) is 15.1. The highest BCUT2D eigenvalue weighted by Gasteiger charge is 2.17. The van der Waals surface area contributed by atoms with E-state index in [-0.39, 0.29) is 22.8 Å². The summed E-state index contributed by atoms with van der Waals surface area (Å²) in [6.45, 7) is 0. The lowest BCUT2D eigenvalue weighted by atomic mass is 10.1. The Balaban J connectivity index is 1.92. The maximum atomic E-state index is 14.5. The van der Waals surface area contributed by atoms with Crippen LogP contribution < -0.4 is 10.5 Å². The molecule has 0 aliphatic carbocycles. The molecule has 1 aromatic heterocycles. The quantitative estimate of drug-likeness (QED) is 0.746. The van der Waals surface area contributed by atoms with Gasteiger partial charge in [0.05, 0.1) is 15.2 Å². The highest BCUT2D eigenvalue weighted by molar-refractivity contribution is 7.20. The first kappa shape index (κ1) is 15.7. The number of benzene rings is 2. The Morgan fingerprint density at radius 3 is 2.87 bits per heavy atom. The van der Waals surface area contributed by atoms with Crippen LogP contribution in [0.5, 0.6) is 10.9 Å². The molecule has 2 aromatic carbocycles. The highest BCUT2D eigenvalue weighted by Crippen LogP contribution is 2.37. The van der Waals surface area contributed by atoms with E-state index in [1.165, 1.54) is 29.9 Å². The summed E-state index contributed by atoms with van der Waals surface area (Å²) in [7, 11) is 0. The van der Waals surface area contributed by atoms with Crippen molar-refractivity contribution in [1.82, 2.24) is 4.98 Å². The van der Waals surface area contributed by atoms with E-state index in [1.54, 1.807) is 0 Å². The van der Waals surface area contributed by atoms with Crippen LogP contribution in [0.2, 0.25) is 5.02 Å². The van der Waals surface area contributed by atoms with Gasteiger partial charge in [-0.3, -0.25) is 4.79 Å². The molecule has 3 rings (SSSR count). The van der Waals surface area contributed by atoms with Crippen molar-refractivity contribution >= 4 is 39.1 Å².